The van der Waals surface area contributed by atoms with Crippen LogP contribution in [0.5, 0.6) is 11.5 Å². The summed E-state index contributed by atoms with van der Waals surface area (Å²) < 4.78 is 2.28. The van der Waals surface area contributed by atoms with E-state index in [1.54, 1.807) is 24.3 Å². The van der Waals surface area contributed by atoms with Crippen LogP contribution in [0.3, 0.4) is 0 Å². The third-order valence-corrected chi connectivity index (χ3v) is 8.62. The summed E-state index contributed by atoms with van der Waals surface area (Å²) in [6, 6.07) is 14.1. The number of hydrogen-bond donors (Lipinski definition) is 2. The van der Waals surface area contributed by atoms with Gasteiger partial charge in [-0.3, -0.25) is 12.2 Å². The zero-order chi connectivity index (χ0) is 27.0. The summed E-state index contributed by atoms with van der Waals surface area (Å²) in [5.41, 5.74) is 3.01. The first kappa shape index (κ1) is 34.5. The Labute approximate surface area is 282 Å². The van der Waals surface area contributed by atoms with Gasteiger partial charge < -0.3 is 10.2 Å². The molecule has 0 aliphatic heterocycles. The van der Waals surface area contributed by atoms with Crippen molar-refractivity contribution in [1.29, 1.82) is 0 Å². The molecule has 4 aliphatic carbocycles. The first-order valence-corrected chi connectivity index (χ1v) is 16.1. The predicted octanol–water partition coefficient (Wildman–Crippen LogP) is 10.5. The Kier molecular flexibility index (Phi) is 17.9. The largest absolute Gasteiger partial charge is 2.00 e. The summed E-state index contributed by atoms with van der Waals surface area (Å²) in [7, 11) is 0. The average molecular weight is 826 g/mol. The van der Waals surface area contributed by atoms with Crippen LogP contribution in [0.1, 0.15) is 77.0 Å². The minimum absolute atomic E-state index is 0. The van der Waals surface area contributed by atoms with Gasteiger partial charge in [-0.15, -0.1) is 12.8 Å². The number of rotatable bonds is 2. The SMILES string of the molecule is Oc1ccc(I)cc1.Oc1ccc(I)cc1.[C-]1=C(C2CCCCC2)C=CC1.[C-]1=C(C2CCCCC2)C=CC1.[Zr+2]. The second-order valence-electron chi connectivity index (χ2n) is 10.1. The van der Waals surface area contributed by atoms with Gasteiger partial charge in [0.25, 0.3) is 0 Å². The molecule has 2 saturated carbocycles. The van der Waals surface area contributed by atoms with Gasteiger partial charge in [0.05, 0.1) is 0 Å². The Hall–Kier alpha value is -0.657. The Bertz CT molecular complexity index is 930. The fourth-order valence-electron chi connectivity index (χ4n) is 5.11. The molecule has 0 unspecified atom stereocenters. The summed E-state index contributed by atoms with van der Waals surface area (Å²) in [6.45, 7) is 0. The standard InChI is InChI=1S/2C11H15.2C6H5IO.Zr/c2*1-2-6-10(7-3-1)11-8-4-5-9-11;2*7-5-1-3-6(8)4-2-5;/h2*4,8,10H,1-3,5-7H2;2*1-4,8H;/q2*-1;;;+2. The molecule has 0 spiro atoms. The van der Waals surface area contributed by atoms with E-state index >= 15 is 0 Å². The topological polar surface area (TPSA) is 40.5 Å². The molecule has 2 N–H and O–H groups in total. The number of phenols is 2. The van der Waals surface area contributed by atoms with Crippen molar-refractivity contribution in [3.8, 4) is 11.5 Å². The van der Waals surface area contributed by atoms with Gasteiger partial charge in [0.1, 0.15) is 11.5 Å². The number of phenolic OH excluding ortho intramolecular Hbond substituents is 2. The normalized spacial score (nSPS) is 18.2. The minimum Gasteiger partial charge on any atom is -0.508 e. The molecule has 0 radical (unpaired) electrons. The molecule has 6 rings (SSSR count). The van der Waals surface area contributed by atoms with E-state index in [1.165, 1.54) is 75.4 Å². The van der Waals surface area contributed by atoms with E-state index in [2.05, 4.69) is 81.6 Å². The molecule has 4 aliphatic rings. The second kappa shape index (κ2) is 20.3. The average Bonchev–Trinajstić information content (AvgIpc) is 3.70. The maximum atomic E-state index is 8.75. The fraction of sp³-hybridized carbons (Fsp3) is 0.412. The molecular formula is C34H40I2O2Zr. The van der Waals surface area contributed by atoms with Crippen molar-refractivity contribution in [2.75, 3.05) is 0 Å². The van der Waals surface area contributed by atoms with E-state index in [9.17, 15) is 0 Å². The summed E-state index contributed by atoms with van der Waals surface area (Å²) >= 11 is 4.37. The monoisotopic (exact) mass is 824 g/mol. The maximum absolute atomic E-state index is 8.75. The third-order valence-electron chi connectivity index (χ3n) is 7.19. The molecule has 2 nitrogen and oxygen atoms in total. The third kappa shape index (κ3) is 14.2. The molecule has 206 valence electrons. The Morgan fingerprint density at radius 1 is 0.538 bits per heavy atom. The summed E-state index contributed by atoms with van der Waals surface area (Å²) in [5.74, 6) is 2.38. The van der Waals surface area contributed by atoms with Gasteiger partial charge in [0.15, 0.2) is 0 Å². The quantitative estimate of drug-likeness (QED) is 0.234. The van der Waals surface area contributed by atoms with Crippen LogP contribution in [0.2, 0.25) is 0 Å². The molecule has 0 heterocycles. The van der Waals surface area contributed by atoms with Crippen LogP contribution in [0, 0.1) is 31.1 Å². The number of hydrogen-bond acceptors (Lipinski definition) is 2. The van der Waals surface area contributed by atoms with Crippen molar-refractivity contribution in [2.24, 2.45) is 11.8 Å². The molecule has 2 aromatic rings. The Morgan fingerprint density at radius 2 is 0.872 bits per heavy atom. The van der Waals surface area contributed by atoms with E-state index in [1.807, 2.05) is 24.3 Å². The van der Waals surface area contributed by atoms with E-state index in [-0.39, 0.29) is 26.2 Å². The molecule has 0 amide bonds. The van der Waals surface area contributed by atoms with E-state index < -0.39 is 0 Å². The van der Waals surface area contributed by atoms with Crippen molar-refractivity contribution in [3.05, 3.63) is 103 Å². The Balaban J connectivity index is 0.000000183. The molecule has 0 aromatic heterocycles. The zero-order valence-corrected chi connectivity index (χ0v) is 29.5. The maximum Gasteiger partial charge on any atom is 2.00 e. The fourth-order valence-corrected chi connectivity index (χ4v) is 5.83. The smallest absolute Gasteiger partial charge is 0.508 e. The van der Waals surface area contributed by atoms with E-state index in [0.29, 0.717) is 11.5 Å². The van der Waals surface area contributed by atoms with Gasteiger partial charge in [-0.25, -0.2) is 23.3 Å². The van der Waals surface area contributed by atoms with E-state index in [0.717, 1.165) is 31.8 Å². The minimum atomic E-state index is 0. The number of aromatic hydroxyl groups is 2. The van der Waals surface area contributed by atoms with Gasteiger partial charge in [0.2, 0.25) is 0 Å². The van der Waals surface area contributed by atoms with Crippen molar-refractivity contribution >= 4 is 45.2 Å². The van der Waals surface area contributed by atoms with Crippen LogP contribution in [0.15, 0.2) is 84.0 Å². The van der Waals surface area contributed by atoms with Gasteiger partial charge in [0, 0.05) is 7.14 Å². The van der Waals surface area contributed by atoms with E-state index in [4.69, 9.17) is 10.2 Å². The second-order valence-corrected chi connectivity index (χ2v) is 12.6. The number of allylic oxidation sites excluding steroid dienone is 8. The molecule has 2 fully saturated rings. The van der Waals surface area contributed by atoms with Gasteiger partial charge in [-0.2, -0.15) is 12.2 Å². The van der Waals surface area contributed by atoms with Crippen LogP contribution in [0.4, 0.5) is 0 Å². The molecule has 0 atom stereocenters. The predicted molar refractivity (Wildman–Crippen MR) is 176 cm³/mol. The molecule has 0 saturated heterocycles. The summed E-state index contributed by atoms with van der Waals surface area (Å²) in [4.78, 5) is 0. The first-order valence-electron chi connectivity index (χ1n) is 13.9. The number of halogens is 2. The molecular weight excluding hydrogens is 785 g/mol. The van der Waals surface area contributed by atoms with Gasteiger partial charge in [-0.1, -0.05) is 38.5 Å². The summed E-state index contributed by atoms with van der Waals surface area (Å²) in [6.07, 6.45) is 32.3. The zero-order valence-electron chi connectivity index (χ0n) is 22.7. The molecule has 0 bridgehead atoms. The van der Waals surface area contributed by atoms with Gasteiger partial charge >= 0.3 is 26.2 Å². The Morgan fingerprint density at radius 3 is 1.13 bits per heavy atom. The summed E-state index contributed by atoms with van der Waals surface area (Å²) in [5, 5.41) is 17.5. The molecule has 2 aromatic carbocycles. The molecule has 5 heteroatoms. The number of benzene rings is 2. The molecule has 39 heavy (non-hydrogen) atoms. The van der Waals surface area contributed by atoms with Crippen molar-refractivity contribution in [2.45, 2.75) is 77.0 Å². The van der Waals surface area contributed by atoms with Crippen molar-refractivity contribution < 1.29 is 36.4 Å². The van der Waals surface area contributed by atoms with Crippen molar-refractivity contribution in [1.82, 2.24) is 0 Å². The van der Waals surface area contributed by atoms with Crippen LogP contribution in [-0.4, -0.2) is 10.2 Å². The van der Waals surface area contributed by atoms with Crippen LogP contribution in [0.25, 0.3) is 0 Å². The van der Waals surface area contributed by atoms with Crippen LogP contribution >= 0.6 is 45.2 Å². The van der Waals surface area contributed by atoms with Crippen molar-refractivity contribution in [3.63, 3.8) is 0 Å². The first-order chi connectivity index (χ1) is 18.5. The van der Waals surface area contributed by atoms with Gasteiger partial charge in [-0.05, 0) is 131 Å². The van der Waals surface area contributed by atoms with Crippen LogP contribution < -0.4 is 0 Å². The van der Waals surface area contributed by atoms with Crippen LogP contribution in [-0.2, 0) is 26.2 Å².